The van der Waals surface area contributed by atoms with E-state index < -0.39 is 17.7 Å². The number of para-hydroxylation sites is 1. The number of carboxylic acids is 1. The molecule has 0 radical (unpaired) electrons. The number of benzene rings is 2. The Bertz CT molecular complexity index is 732. The summed E-state index contributed by atoms with van der Waals surface area (Å²) in [5, 5.41) is 15.9. The summed E-state index contributed by atoms with van der Waals surface area (Å²) in [7, 11) is 0. The van der Waals surface area contributed by atoms with E-state index in [1.54, 1.807) is 6.07 Å². The van der Waals surface area contributed by atoms with Gasteiger partial charge in [0.2, 0.25) is 0 Å². The normalized spacial score (nSPS) is 9.86. The summed E-state index contributed by atoms with van der Waals surface area (Å²) < 4.78 is 12.8. The summed E-state index contributed by atoms with van der Waals surface area (Å²) in [4.78, 5) is 22.8. The van der Waals surface area contributed by atoms with Crippen LogP contribution < -0.4 is 15.7 Å². The second kappa shape index (κ2) is 6.77. The van der Waals surface area contributed by atoms with Gasteiger partial charge in [-0.1, -0.05) is 18.2 Å². The van der Waals surface area contributed by atoms with Crippen LogP contribution in [0.1, 0.15) is 20.7 Å². The van der Waals surface area contributed by atoms with Crippen LogP contribution in [0.5, 0.6) is 0 Å². The Balaban J connectivity index is 2.06. The molecule has 0 aliphatic rings. The van der Waals surface area contributed by atoms with Crippen molar-refractivity contribution in [2.45, 2.75) is 0 Å². The maximum atomic E-state index is 12.8. The van der Waals surface area contributed by atoms with Gasteiger partial charge in [0.1, 0.15) is 5.82 Å². The van der Waals surface area contributed by atoms with Crippen LogP contribution in [0.4, 0.5) is 10.1 Å². The summed E-state index contributed by atoms with van der Waals surface area (Å²) in [6, 6.07) is 10.9. The molecule has 0 aromatic heterocycles. The van der Waals surface area contributed by atoms with Crippen molar-refractivity contribution in [1.29, 1.82) is 0 Å². The molecule has 0 bridgehead atoms. The summed E-state index contributed by atoms with van der Waals surface area (Å²) in [6.07, 6.45) is 0. The van der Waals surface area contributed by atoms with Crippen molar-refractivity contribution in [2.24, 2.45) is 0 Å². The third-order valence-electron chi connectivity index (χ3n) is 2.73. The summed E-state index contributed by atoms with van der Waals surface area (Å²) in [5.74, 6) is -2.36. The van der Waals surface area contributed by atoms with Crippen LogP contribution in [-0.2, 0) is 0 Å². The number of carbonyl (C=O) groups excluding carboxylic acids is 2. The van der Waals surface area contributed by atoms with Gasteiger partial charge in [-0.05, 0) is 42.5 Å². The standard InChI is InChI=1S/C15H11FN2O3S/c16-10-7-5-9(6-8-10)13(19)18-15(22)17-12-4-2-1-3-11(12)14(20)21/h1-8H,(H,20,21)(H2,17,18,19,22)/p-1. The number of thiocarbonyl (C=S) groups is 1. The van der Waals surface area contributed by atoms with Crippen LogP contribution >= 0.6 is 12.2 Å². The Morgan fingerprint density at radius 1 is 1.05 bits per heavy atom. The average molecular weight is 317 g/mol. The fraction of sp³-hybridized carbons (Fsp3) is 0. The first-order valence-corrected chi connectivity index (χ1v) is 6.56. The number of carbonyl (C=O) groups is 2. The lowest BCUT2D eigenvalue weighted by atomic mass is 10.2. The van der Waals surface area contributed by atoms with Crippen LogP contribution in [0.3, 0.4) is 0 Å². The van der Waals surface area contributed by atoms with Crippen molar-refractivity contribution in [2.75, 3.05) is 5.32 Å². The number of carboxylic acid groups (broad SMARTS) is 1. The zero-order valence-electron chi connectivity index (χ0n) is 11.1. The number of rotatable bonds is 3. The third-order valence-corrected chi connectivity index (χ3v) is 2.93. The summed E-state index contributed by atoms with van der Waals surface area (Å²) in [6.45, 7) is 0. The zero-order chi connectivity index (χ0) is 16.1. The minimum absolute atomic E-state index is 0.0805. The van der Waals surface area contributed by atoms with E-state index in [2.05, 4.69) is 10.6 Å². The predicted molar refractivity (Wildman–Crippen MR) is 80.9 cm³/mol. The van der Waals surface area contributed by atoms with Gasteiger partial charge in [0, 0.05) is 16.8 Å². The topological polar surface area (TPSA) is 81.3 Å². The number of hydrogen-bond donors (Lipinski definition) is 2. The molecule has 0 fully saturated rings. The van der Waals surface area contributed by atoms with Crippen LogP contribution in [0.15, 0.2) is 48.5 Å². The minimum atomic E-state index is -1.37. The molecule has 2 N–H and O–H groups in total. The summed E-state index contributed by atoms with van der Waals surface area (Å²) >= 11 is 4.95. The molecule has 22 heavy (non-hydrogen) atoms. The number of nitrogens with one attached hydrogen (secondary N) is 2. The molecule has 0 heterocycles. The molecule has 112 valence electrons. The maximum Gasteiger partial charge on any atom is 0.257 e. The number of hydrogen-bond acceptors (Lipinski definition) is 4. The van der Waals surface area contributed by atoms with Crippen molar-refractivity contribution < 1.29 is 19.1 Å². The highest BCUT2D eigenvalue weighted by Crippen LogP contribution is 2.13. The Morgan fingerprint density at radius 2 is 1.68 bits per heavy atom. The molecular weight excluding hydrogens is 307 g/mol. The molecule has 0 spiro atoms. The van der Waals surface area contributed by atoms with Crippen molar-refractivity contribution in [3.63, 3.8) is 0 Å². The van der Waals surface area contributed by atoms with Gasteiger partial charge in [-0.15, -0.1) is 0 Å². The third kappa shape index (κ3) is 3.86. The molecule has 0 aliphatic carbocycles. The monoisotopic (exact) mass is 317 g/mol. The molecule has 2 aromatic carbocycles. The molecule has 2 aromatic rings. The van der Waals surface area contributed by atoms with Gasteiger partial charge in [0.05, 0.1) is 5.97 Å². The maximum absolute atomic E-state index is 12.8. The Kier molecular flexibility index (Phi) is 4.80. The van der Waals surface area contributed by atoms with Crippen molar-refractivity contribution in [3.8, 4) is 0 Å². The van der Waals surface area contributed by atoms with Gasteiger partial charge in [0.15, 0.2) is 5.11 Å². The molecule has 1 amide bonds. The van der Waals surface area contributed by atoms with E-state index in [4.69, 9.17) is 12.2 Å². The van der Waals surface area contributed by atoms with Crippen LogP contribution in [0, 0.1) is 5.82 Å². The second-order valence-electron chi connectivity index (χ2n) is 4.25. The van der Waals surface area contributed by atoms with E-state index in [1.165, 1.54) is 30.3 Å². The molecule has 0 aliphatic heterocycles. The molecule has 0 atom stereocenters. The quantitative estimate of drug-likeness (QED) is 0.835. The molecule has 0 saturated heterocycles. The molecule has 0 unspecified atom stereocenters. The largest absolute Gasteiger partial charge is 0.545 e. The van der Waals surface area contributed by atoms with Crippen molar-refractivity contribution in [3.05, 3.63) is 65.5 Å². The fourth-order valence-electron chi connectivity index (χ4n) is 1.70. The van der Waals surface area contributed by atoms with Gasteiger partial charge in [-0.2, -0.15) is 0 Å². The lowest BCUT2D eigenvalue weighted by Gasteiger charge is -2.13. The number of amides is 1. The molecule has 7 heteroatoms. The van der Waals surface area contributed by atoms with Crippen LogP contribution in [0.2, 0.25) is 0 Å². The fourth-order valence-corrected chi connectivity index (χ4v) is 1.90. The van der Waals surface area contributed by atoms with Crippen molar-refractivity contribution in [1.82, 2.24) is 5.32 Å². The second-order valence-corrected chi connectivity index (χ2v) is 4.66. The van der Waals surface area contributed by atoms with E-state index in [9.17, 15) is 19.1 Å². The van der Waals surface area contributed by atoms with Gasteiger partial charge < -0.3 is 15.2 Å². The Morgan fingerprint density at radius 3 is 2.32 bits per heavy atom. The zero-order valence-corrected chi connectivity index (χ0v) is 11.9. The van der Waals surface area contributed by atoms with Crippen LogP contribution in [-0.4, -0.2) is 17.0 Å². The molecule has 0 saturated carbocycles. The Hall–Kier alpha value is -2.80. The number of aromatic carboxylic acids is 1. The first-order chi connectivity index (χ1) is 10.5. The lowest BCUT2D eigenvalue weighted by molar-refractivity contribution is -0.254. The molecule has 5 nitrogen and oxygen atoms in total. The highest BCUT2D eigenvalue weighted by molar-refractivity contribution is 7.80. The van der Waals surface area contributed by atoms with E-state index in [-0.39, 0.29) is 21.9 Å². The SMILES string of the molecule is O=C(NC(=S)Nc1ccccc1C(=O)[O-])c1ccc(F)cc1. The van der Waals surface area contributed by atoms with E-state index in [0.717, 1.165) is 12.1 Å². The van der Waals surface area contributed by atoms with Gasteiger partial charge in [0.25, 0.3) is 5.91 Å². The number of anilines is 1. The first kappa shape index (κ1) is 15.6. The highest BCUT2D eigenvalue weighted by Gasteiger charge is 2.09. The van der Waals surface area contributed by atoms with Gasteiger partial charge >= 0.3 is 0 Å². The van der Waals surface area contributed by atoms with Crippen molar-refractivity contribution >= 4 is 34.9 Å². The van der Waals surface area contributed by atoms with Crippen LogP contribution in [0.25, 0.3) is 0 Å². The molecule has 2 rings (SSSR count). The lowest BCUT2D eigenvalue weighted by Crippen LogP contribution is -2.35. The number of halogens is 1. The van der Waals surface area contributed by atoms with Gasteiger partial charge in [-0.25, -0.2) is 4.39 Å². The first-order valence-electron chi connectivity index (χ1n) is 6.15. The minimum Gasteiger partial charge on any atom is -0.545 e. The smallest absolute Gasteiger partial charge is 0.257 e. The highest BCUT2D eigenvalue weighted by atomic mass is 32.1. The average Bonchev–Trinajstić information content (AvgIpc) is 2.48. The summed E-state index contributed by atoms with van der Waals surface area (Å²) in [5.41, 5.74) is 0.339. The predicted octanol–water partition coefficient (Wildman–Crippen LogP) is 1.32. The Labute approximate surface area is 130 Å². The van der Waals surface area contributed by atoms with E-state index in [0.29, 0.717) is 0 Å². The van der Waals surface area contributed by atoms with Gasteiger partial charge in [-0.3, -0.25) is 10.1 Å². The molecular formula is C15H10FN2O3S-. The van der Waals surface area contributed by atoms with E-state index >= 15 is 0 Å². The van der Waals surface area contributed by atoms with E-state index in [1.807, 2.05) is 0 Å².